The first-order valence-electron chi connectivity index (χ1n) is 6.50. The maximum absolute atomic E-state index is 12.2. The van der Waals surface area contributed by atoms with E-state index in [1.165, 1.54) is 0 Å². The quantitative estimate of drug-likeness (QED) is 0.702. The summed E-state index contributed by atoms with van der Waals surface area (Å²) in [4.78, 5) is 23.3. The van der Waals surface area contributed by atoms with Crippen molar-refractivity contribution in [2.75, 3.05) is 20.1 Å². The minimum atomic E-state index is -0.104. The van der Waals surface area contributed by atoms with E-state index in [0.29, 0.717) is 18.5 Å². The van der Waals surface area contributed by atoms with E-state index in [0.717, 1.165) is 18.5 Å². The average Bonchev–Trinajstić information content (AvgIpc) is 2.82. The summed E-state index contributed by atoms with van der Waals surface area (Å²) in [6.45, 7) is 1.34. The smallest absolute Gasteiger partial charge is 0.251 e. The first-order valence-corrected chi connectivity index (χ1v) is 6.50. The van der Waals surface area contributed by atoms with Gasteiger partial charge in [-0.05, 0) is 31.6 Å². The van der Waals surface area contributed by atoms with E-state index in [1.807, 2.05) is 31.3 Å². The van der Waals surface area contributed by atoms with Crippen molar-refractivity contribution in [2.24, 2.45) is 0 Å². The summed E-state index contributed by atoms with van der Waals surface area (Å²) in [6, 6.07) is 7.48. The van der Waals surface area contributed by atoms with Gasteiger partial charge in [-0.1, -0.05) is 18.2 Å². The largest absolute Gasteiger partial charge is 0.354 e. The fourth-order valence-corrected chi connectivity index (χ4v) is 2.19. The van der Waals surface area contributed by atoms with Crippen LogP contribution in [0.5, 0.6) is 0 Å². The minimum Gasteiger partial charge on any atom is -0.354 e. The summed E-state index contributed by atoms with van der Waals surface area (Å²) in [6.07, 6.45) is 1.17. The maximum atomic E-state index is 12.2. The van der Waals surface area contributed by atoms with Crippen LogP contribution >= 0.6 is 0 Å². The molecule has 0 spiro atoms. The normalized spacial score (nSPS) is 18.2. The monoisotopic (exact) mass is 261 g/mol. The second-order valence-corrected chi connectivity index (χ2v) is 4.69. The van der Waals surface area contributed by atoms with E-state index in [2.05, 4.69) is 16.0 Å². The van der Waals surface area contributed by atoms with Gasteiger partial charge in [0.1, 0.15) is 0 Å². The topological polar surface area (TPSA) is 70.2 Å². The molecule has 1 aromatic carbocycles. The fourth-order valence-electron chi connectivity index (χ4n) is 2.19. The number of carbonyl (C=O) groups is 2. The zero-order valence-electron chi connectivity index (χ0n) is 11.0. The predicted octanol–water partition coefficient (Wildman–Crippen LogP) is 0.0668. The maximum Gasteiger partial charge on any atom is 0.251 e. The zero-order valence-corrected chi connectivity index (χ0v) is 11.0. The molecule has 0 radical (unpaired) electrons. The third-order valence-corrected chi connectivity index (χ3v) is 3.22. The van der Waals surface area contributed by atoms with Gasteiger partial charge in [-0.2, -0.15) is 0 Å². The van der Waals surface area contributed by atoms with Gasteiger partial charge in [-0.15, -0.1) is 0 Å². The lowest BCUT2D eigenvalue weighted by Crippen LogP contribution is -2.36. The SMILES string of the molecule is CNCCc1ccccc1C(=O)NC1CNC(=O)C1. The molecule has 19 heavy (non-hydrogen) atoms. The number of amides is 2. The number of rotatable bonds is 5. The van der Waals surface area contributed by atoms with Crippen molar-refractivity contribution >= 4 is 11.8 Å². The van der Waals surface area contributed by atoms with Gasteiger partial charge in [-0.25, -0.2) is 0 Å². The molecule has 5 nitrogen and oxygen atoms in total. The molecule has 5 heteroatoms. The molecular formula is C14H19N3O2. The van der Waals surface area contributed by atoms with Crippen molar-refractivity contribution in [3.63, 3.8) is 0 Å². The molecule has 0 aliphatic carbocycles. The van der Waals surface area contributed by atoms with Crippen molar-refractivity contribution in [3.05, 3.63) is 35.4 Å². The number of likely N-dealkylation sites (N-methyl/N-ethyl adjacent to an activating group) is 1. The lowest BCUT2D eigenvalue weighted by molar-refractivity contribution is -0.119. The van der Waals surface area contributed by atoms with Gasteiger partial charge in [0.15, 0.2) is 0 Å². The van der Waals surface area contributed by atoms with Crippen molar-refractivity contribution in [1.29, 1.82) is 0 Å². The van der Waals surface area contributed by atoms with Gasteiger partial charge in [0, 0.05) is 18.5 Å². The van der Waals surface area contributed by atoms with Crippen LogP contribution < -0.4 is 16.0 Å². The summed E-state index contributed by atoms with van der Waals surface area (Å²) in [5, 5.41) is 8.69. The third kappa shape index (κ3) is 3.54. The molecule has 1 aromatic rings. The van der Waals surface area contributed by atoms with E-state index in [1.54, 1.807) is 0 Å². The van der Waals surface area contributed by atoms with Crippen LogP contribution in [0.3, 0.4) is 0 Å². The summed E-state index contributed by atoms with van der Waals surface area (Å²) in [5.41, 5.74) is 1.71. The summed E-state index contributed by atoms with van der Waals surface area (Å²) in [7, 11) is 1.89. The molecule has 2 amide bonds. The standard InChI is InChI=1S/C14H19N3O2/c1-15-7-6-10-4-2-3-5-12(10)14(19)17-11-8-13(18)16-9-11/h2-5,11,15H,6-9H2,1H3,(H,16,18)(H,17,19). The van der Waals surface area contributed by atoms with Gasteiger partial charge < -0.3 is 16.0 Å². The summed E-state index contributed by atoms with van der Waals surface area (Å²) in [5.74, 6) is -0.109. The van der Waals surface area contributed by atoms with Gasteiger partial charge >= 0.3 is 0 Å². The molecule has 1 unspecified atom stereocenters. The van der Waals surface area contributed by atoms with Crippen LogP contribution in [0.4, 0.5) is 0 Å². The van der Waals surface area contributed by atoms with E-state index in [4.69, 9.17) is 0 Å². The lowest BCUT2D eigenvalue weighted by atomic mass is 10.0. The second-order valence-electron chi connectivity index (χ2n) is 4.69. The van der Waals surface area contributed by atoms with E-state index >= 15 is 0 Å². The Labute approximate surface area is 112 Å². The molecule has 1 fully saturated rings. The highest BCUT2D eigenvalue weighted by molar-refractivity contribution is 5.96. The minimum absolute atomic E-state index is 0.00577. The number of benzene rings is 1. The van der Waals surface area contributed by atoms with Crippen molar-refractivity contribution in [3.8, 4) is 0 Å². The van der Waals surface area contributed by atoms with E-state index in [9.17, 15) is 9.59 Å². The molecule has 0 bridgehead atoms. The van der Waals surface area contributed by atoms with Crippen LogP contribution in [-0.4, -0.2) is 38.0 Å². The van der Waals surface area contributed by atoms with Crippen molar-refractivity contribution < 1.29 is 9.59 Å². The fraction of sp³-hybridized carbons (Fsp3) is 0.429. The molecule has 1 aliphatic heterocycles. The molecule has 1 heterocycles. The highest BCUT2D eigenvalue weighted by Gasteiger charge is 2.23. The predicted molar refractivity (Wildman–Crippen MR) is 73.0 cm³/mol. The molecule has 1 aliphatic rings. The van der Waals surface area contributed by atoms with Gasteiger partial charge in [0.2, 0.25) is 5.91 Å². The van der Waals surface area contributed by atoms with E-state index < -0.39 is 0 Å². The Morgan fingerprint density at radius 2 is 2.21 bits per heavy atom. The van der Waals surface area contributed by atoms with Crippen LogP contribution in [0, 0.1) is 0 Å². The zero-order chi connectivity index (χ0) is 13.7. The molecule has 1 atom stereocenters. The molecule has 3 N–H and O–H groups in total. The summed E-state index contributed by atoms with van der Waals surface area (Å²) < 4.78 is 0. The van der Waals surface area contributed by atoms with Crippen LogP contribution in [0.2, 0.25) is 0 Å². The molecule has 0 saturated carbocycles. The molecular weight excluding hydrogens is 242 g/mol. The Hall–Kier alpha value is -1.88. The Balaban J connectivity index is 2.03. The summed E-state index contributed by atoms with van der Waals surface area (Å²) >= 11 is 0. The Bertz CT molecular complexity index is 474. The highest BCUT2D eigenvalue weighted by Crippen LogP contribution is 2.10. The van der Waals surface area contributed by atoms with Gasteiger partial charge in [-0.3, -0.25) is 9.59 Å². The molecule has 0 aromatic heterocycles. The Morgan fingerprint density at radius 1 is 1.42 bits per heavy atom. The first kappa shape index (κ1) is 13.5. The van der Waals surface area contributed by atoms with E-state index in [-0.39, 0.29) is 17.9 Å². The molecule has 1 saturated heterocycles. The van der Waals surface area contributed by atoms with Crippen LogP contribution in [0.15, 0.2) is 24.3 Å². The average molecular weight is 261 g/mol. The number of hydrogen-bond donors (Lipinski definition) is 3. The number of carbonyl (C=O) groups excluding carboxylic acids is 2. The number of nitrogens with one attached hydrogen (secondary N) is 3. The lowest BCUT2D eigenvalue weighted by Gasteiger charge is -2.13. The number of hydrogen-bond acceptors (Lipinski definition) is 3. The van der Waals surface area contributed by atoms with Crippen molar-refractivity contribution in [2.45, 2.75) is 18.9 Å². The van der Waals surface area contributed by atoms with Crippen molar-refractivity contribution in [1.82, 2.24) is 16.0 Å². The van der Waals surface area contributed by atoms with Crippen LogP contribution in [-0.2, 0) is 11.2 Å². The Morgan fingerprint density at radius 3 is 2.89 bits per heavy atom. The van der Waals surface area contributed by atoms with Gasteiger partial charge in [0.25, 0.3) is 5.91 Å². The molecule has 102 valence electrons. The molecule has 2 rings (SSSR count). The van der Waals surface area contributed by atoms with Gasteiger partial charge in [0.05, 0.1) is 6.04 Å². The highest BCUT2D eigenvalue weighted by atomic mass is 16.2. The van der Waals surface area contributed by atoms with Crippen LogP contribution in [0.1, 0.15) is 22.3 Å². The van der Waals surface area contributed by atoms with Crippen LogP contribution in [0.25, 0.3) is 0 Å². The third-order valence-electron chi connectivity index (χ3n) is 3.22. The first-order chi connectivity index (χ1) is 9.20. The Kier molecular flexibility index (Phi) is 4.52. The second kappa shape index (κ2) is 6.33.